The third-order valence-corrected chi connectivity index (χ3v) is 3.29. The smallest absolute Gasteiger partial charge is 0.122 e. The molecule has 2 aromatic carbocycles. The van der Waals surface area contributed by atoms with Crippen molar-refractivity contribution in [3.8, 4) is 5.75 Å². The van der Waals surface area contributed by atoms with Gasteiger partial charge in [-0.2, -0.15) is 0 Å². The van der Waals surface area contributed by atoms with Crippen LogP contribution in [-0.4, -0.2) is 32.1 Å². The summed E-state index contributed by atoms with van der Waals surface area (Å²) >= 11 is 6.10. The molecule has 2 rings (SSSR count). The van der Waals surface area contributed by atoms with Gasteiger partial charge in [-0.05, 0) is 43.4 Å². The van der Waals surface area contributed by atoms with Crippen molar-refractivity contribution in [3.05, 3.63) is 64.7 Å². The number of likely N-dealkylation sites (N-methyl/N-ethyl adjacent to an activating group) is 1. The van der Waals surface area contributed by atoms with Gasteiger partial charge in [0.2, 0.25) is 0 Å². The van der Waals surface area contributed by atoms with Gasteiger partial charge in [0.05, 0.1) is 0 Å². The highest BCUT2D eigenvalue weighted by molar-refractivity contribution is 6.30. The lowest BCUT2D eigenvalue weighted by Crippen LogP contribution is -2.19. The van der Waals surface area contributed by atoms with E-state index in [-0.39, 0.29) is 0 Å². The van der Waals surface area contributed by atoms with Crippen LogP contribution in [0.1, 0.15) is 11.1 Å². The minimum absolute atomic E-state index is 0.677. The van der Waals surface area contributed by atoms with Crippen LogP contribution in [0.3, 0.4) is 0 Å². The molecule has 0 saturated heterocycles. The van der Waals surface area contributed by atoms with Crippen LogP contribution in [-0.2, 0) is 6.42 Å². The fourth-order valence-corrected chi connectivity index (χ4v) is 2.18. The number of nitrogens with zero attached hydrogens (tertiary/aromatic N) is 1. The number of halogens is 1. The highest BCUT2D eigenvalue weighted by Gasteiger charge is 2.06. The number of hydrogen-bond donors (Lipinski definition) is 0. The molecule has 2 aromatic rings. The molecule has 0 saturated carbocycles. The summed E-state index contributed by atoms with van der Waals surface area (Å²) in [6.45, 7) is 1.57. The van der Waals surface area contributed by atoms with Crippen LogP contribution in [0.25, 0.3) is 0 Å². The zero-order valence-corrected chi connectivity index (χ0v) is 12.7. The normalized spacial score (nSPS) is 10.8. The zero-order valence-electron chi connectivity index (χ0n) is 12.0. The molecular weight excluding hydrogens is 270 g/mol. The SMILES string of the molecule is CN(C)CCOc1ccc(Cl)cc1Cc1ccccc1. The Labute approximate surface area is 125 Å². The standard InChI is InChI=1S/C17H20ClNO/c1-19(2)10-11-20-17-9-8-16(18)13-15(17)12-14-6-4-3-5-7-14/h3-9,13H,10-12H2,1-2H3. The maximum absolute atomic E-state index is 6.10. The summed E-state index contributed by atoms with van der Waals surface area (Å²) in [5, 5.41) is 0.746. The lowest BCUT2D eigenvalue weighted by molar-refractivity contribution is 0.260. The van der Waals surface area contributed by atoms with E-state index in [1.54, 1.807) is 0 Å². The van der Waals surface area contributed by atoms with Crippen molar-refractivity contribution in [2.45, 2.75) is 6.42 Å². The maximum Gasteiger partial charge on any atom is 0.122 e. The lowest BCUT2D eigenvalue weighted by atomic mass is 10.0. The van der Waals surface area contributed by atoms with E-state index in [2.05, 4.69) is 17.0 Å². The van der Waals surface area contributed by atoms with Gasteiger partial charge in [0.15, 0.2) is 0 Å². The summed E-state index contributed by atoms with van der Waals surface area (Å²) < 4.78 is 5.87. The summed E-state index contributed by atoms with van der Waals surface area (Å²) in [6.07, 6.45) is 0.832. The molecule has 0 aliphatic carbocycles. The van der Waals surface area contributed by atoms with E-state index >= 15 is 0 Å². The van der Waals surface area contributed by atoms with Gasteiger partial charge in [-0.25, -0.2) is 0 Å². The van der Waals surface area contributed by atoms with Crippen molar-refractivity contribution in [1.82, 2.24) is 4.90 Å². The third kappa shape index (κ3) is 4.55. The Balaban J connectivity index is 2.11. The van der Waals surface area contributed by atoms with Crippen LogP contribution in [0.5, 0.6) is 5.75 Å². The molecule has 0 heterocycles. The quantitative estimate of drug-likeness (QED) is 0.800. The highest BCUT2D eigenvalue weighted by atomic mass is 35.5. The van der Waals surface area contributed by atoms with Crippen molar-refractivity contribution in [3.63, 3.8) is 0 Å². The van der Waals surface area contributed by atoms with Gasteiger partial charge in [0.1, 0.15) is 12.4 Å². The lowest BCUT2D eigenvalue weighted by Gasteiger charge is -2.14. The average molecular weight is 290 g/mol. The molecule has 0 fully saturated rings. The Hall–Kier alpha value is -1.51. The first-order valence-electron chi connectivity index (χ1n) is 6.75. The van der Waals surface area contributed by atoms with Crippen molar-refractivity contribution in [2.75, 3.05) is 27.2 Å². The van der Waals surface area contributed by atoms with Gasteiger partial charge in [-0.1, -0.05) is 41.9 Å². The van der Waals surface area contributed by atoms with E-state index < -0.39 is 0 Å². The molecule has 0 unspecified atom stereocenters. The minimum Gasteiger partial charge on any atom is -0.492 e. The second-order valence-corrected chi connectivity index (χ2v) is 5.50. The molecule has 3 heteroatoms. The van der Waals surface area contributed by atoms with Crippen LogP contribution in [0.2, 0.25) is 5.02 Å². The van der Waals surface area contributed by atoms with Gasteiger partial charge in [-0.3, -0.25) is 0 Å². The summed E-state index contributed by atoms with van der Waals surface area (Å²) in [5.74, 6) is 0.917. The van der Waals surface area contributed by atoms with Crippen molar-refractivity contribution >= 4 is 11.6 Å². The van der Waals surface area contributed by atoms with Gasteiger partial charge >= 0.3 is 0 Å². The van der Waals surface area contributed by atoms with E-state index in [1.807, 2.05) is 50.5 Å². The molecule has 0 bridgehead atoms. The second kappa shape index (κ2) is 7.32. The number of benzene rings is 2. The van der Waals surface area contributed by atoms with E-state index in [0.717, 1.165) is 29.3 Å². The first kappa shape index (κ1) is 14.9. The number of ether oxygens (including phenoxy) is 1. The Kier molecular flexibility index (Phi) is 5.45. The first-order chi connectivity index (χ1) is 9.65. The molecule has 0 aliphatic heterocycles. The largest absolute Gasteiger partial charge is 0.492 e. The second-order valence-electron chi connectivity index (χ2n) is 5.07. The van der Waals surface area contributed by atoms with Gasteiger partial charge in [0.25, 0.3) is 0 Å². The molecule has 20 heavy (non-hydrogen) atoms. The molecule has 0 aromatic heterocycles. The molecule has 0 aliphatic rings. The van der Waals surface area contributed by atoms with Crippen LogP contribution >= 0.6 is 11.6 Å². The Morgan fingerprint density at radius 3 is 2.50 bits per heavy atom. The molecule has 2 nitrogen and oxygen atoms in total. The highest BCUT2D eigenvalue weighted by Crippen LogP contribution is 2.25. The van der Waals surface area contributed by atoms with E-state index in [9.17, 15) is 0 Å². The zero-order chi connectivity index (χ0) is 14.4. The Morgan fingerprint density at radius 2 is 1.80 bits per heavy atom. The Morgan fingerprint density at radius 1 is 1.05 bits per heavy atom. The predicted octanol–water partition coefficient (Wildman–Crippen LogP) is 3.87. The average Bonchev–Trinajstić information content (AvgIpc) is 2.42. The predicted molar refractivity (Wildman–Crippen MR) is 84.7 cm³/mol. The summed E-state index contributed by atoms with van der Waals surface area (Å²) in [7, 11) is 4.08. The Bertz CT molecular complexity index is 540. The molecule has 0 spiro atoms. The van der Waals surface area contributed by atoms with Crippen molar-refractivity contribution in [1.29, 1.82) is 0 Å². The van der Waals surface area contributed by atoms with Gasteiger partial charge in [0, 0.05) is 18.0 Å². The maximum atomic E-state index is 6.10. The summed E-state index contributed by atoms with van der Waals surface area (Å²) in [4.78, 5) is 2.10. The van der Waals surface area contributed by atoms with E-state index in [4.69, 9.17) is 16.3 Å². The summed E-state index contributed by atoms with van der Waals surface area (Å²) in [6, 6.07) is 16.2. The molecule has 0 atom stereocenters. The third-order valence-electron chi connectivity index (χ3n) is 3.06. The number of hydrogen-bond acceptors (Lipinski definition) is 2. The summed E-state index contributed by atoms with van der Waals surface area (Å²) in [5.41, 5.74) is 2.38. The van der Waals surface area contributed by atoms with Gasteiger partial charge in [-0.15, -0.1) is 0 Å². The van der Waals surface area contributed by atoms with E-state index in [0.29, 0.717) is 6.61 Å². The van der Waals surface area contributed by atoms with Crippen LogP contribution < -0.4 is 4.74 Å². The van der Waals surface area contributed by atoms with Crippen molar-refractivity contribution in [2.24, 2.45) is 0 Å². The topological polar surface area (TPSA) is 12.5 Å². The van der Waals surface area contributed by atoms with Gasteiger partial charge < -0.3 is 9.64 Å². The molecule has 0 N–H and O–H groups in total. The van der Waals surface area contributed by atoms with Crippen LogP contribution in [0.15, 0.2) is 48.5 Å². The number of rotatable bonds is 6. The molecular formula is C17H20ClNO. The van der Waals surface area contributed by atoms with Crippen LogP contribution in [0, 0.1) is 0 Å². The van der Waals surface area contributed by atoms with Crippen LogP contribution in [0.4, 0.5) is 0 Å². The minimum atomic E-state index is 0.677. The fraction of sp³-hybridized carbons (Fsp3) is 0.294. The molecule has 106 valence electrons. The molecule has 0 amide bonds. The monoisotopic (exact) mass is 289 g/mol. The fourth-order valence-electron chi connectivity index (χ4n) is 1.98. The first-order valence-corrected chi connectivity index (χ1v) is 7.13. The van der Waals surface area contributed by atoms with E-state index in [1.165, 1.54) is 5.56 Å². The van der Waals surface area contributed by atoms with Crippen molar-refractivity contribution < 1.29 is 4.74 Å². The molecule has 0 radical (unpaired) electrons.